The number of likely N-dealkylation sites (N-methyl/N-ethyl adjacent to an activating group) is 3. The Hall–Kier alpha value is -9.35. The second-order valence-electron chi connectivity index (χ2n) is 24.8. The lowest BCUT2D eigenvalue weighted by Gasteiger charge is -2.32. The van der Waals surface area contributed by atoms with Crippen LogP contribution in [0.1, 0.15) is 85.7 Å². The highest BCUT2D eigenvalue weighted by Crippen LogP contribution is 2.52. The molecule has 3 saturated heterocycles. The number of fused-ring (bicyclic) bond motifs is 6. The third-order valence-electron chi connectivity index (χ3n) is 18.3. The molecule has 0 saturated carbocycles. The molecule has 3 aliphatic heterocycles. The molecular formula is C73H101N9O19. The van der Waals surface area contributed by atoms with Gasteiger partial charge < -0.3 is 97.7 Å². The van der Waals surface area contributed by atoms with E-state index in [1.165, 1.54) is 24.3 Å². The first-order valence-electron chi connectivity index (χ1n) is 34.0. The number of alkyl carbamates (subject to hydrolysis) is 1. The van der Waals surface area contributed by atoms with E-state index >= 15 is 0 Å². The SMILES string of the molecule is CN1CCN(C(=O)CCCO)CC1.CN1CCN(C(=O)CCCOC(=O)Oc2ccc([N+](=O)[O-])cc2)CC1.COc1ccc2c(c1)[C@@H](N)CCc1cc(OC)c(OC)c(OC)c1-2.COc1ccc2c(c1)[C@@H](NC(=O)OCCCC(=O)N1CCN(C)CC1)CCc1cc(OC)c(OC)c(OC)c1-2. The molecule has 28 heteroatoms. The molecule has 5 aliphatic rings. The number of non-ortho nitro benzene ring substituents is 1. The number of ether oxygens (including phenoxy) is 11. The van der Waals surface area contributed by atoms with E-state index in [0.29, 0.717) is 91.6 Å². The van der Waals surface area contributed by atoms with Crippen molar-refractivity contribution in [3.63, 3.8) is 0 Å². The van der Waals surface area contributed by atoms with E-state index in [9.17, 15) is 34.1 Å². The Balaban J connectivity index is 0.000000201. The minimum atomic E-state index is -0.902. The maximum absolute atomic E-state index is 12.8. The van der Waals surface area contributed by atoms with Gasteiger partial charge in [0.15, 0.2) is 23.0 Å². The molecule has 0 aromatic heterocycles. The molecule has 2 aliphatic carbocycles. The van der Waals surface area contributed by atoms with Crippen molar-refractivity contribution in [2.45, 2.75) is 76.3 Å². The topological polar surface area (TPSA) is 308 Å². The number of piperazine rings is 3. The fourth-order valence-electron chi connectivity index (χ4n) is 12.4. The molecule has 3 fully saturated rings. The fourth-order valence-corrected chi connectivity index (χ4v) is 12.4. The summed E-state index contributed by atoms with van der Waals surface area (Å²) in [6.07, 6.45) is 4.19. The Bertz CT molecular complexity index is 3560. The monoisotopic (exact) mass is 1410 g/mol. The maximum Gasteiger partial charge on any atom is 0.513 e. The van der Waals surface area contributed by atoms with E-state index in [1.807, 2.05) is 70.3 Å². The number of benzene rings is 5. The van der Waals surface area contributed by atoms with Crippen LogP contribution in [0.4, 0.5) is 15.3 Å². The number of rotatable bonds is 22. The van der Waals surface area contributed by atoms with Gasteiger partial charge >= 0.3 is 12.2 Å². The number of aryl methyl sites for hydroxylation is 2. The van der Waals surface area contributed by atoms with E-state index in [-0.39, 0.29) is 61.1 Å². The Morgan fingerprint density at radius 3 is 1.33 bits per heavy atom. The number of hydrogen-bond acceptors (Lipinski definition) is 23. The molecular weight excluding hydrogens is 1310 g/mol. The molecule has 10 rings (SSSR count). The second-order valence-corrected chi connectivity index (χ2v) is 24.8. The number of carbonyl (C=O) groups excluding carboxylic acids is 5. The molecule has 28 nitrogen and oxygen atoms in total. The lowest BCUT2D eigenvalue weighted by atomic mass is 9.93. The summed E-state index contributed by atoms with van der Waals surface area (Å²) in [4.78, 5) is 82.5. The van der Waals surface area contributed by atoms with Crippen molar-refractivity contribution in [2.75, 3.05) is 176 Å². The van der Waals surface area contributed by atoms with Crippen molar-refractivity contribution in [3.8, 4) is 74.0 Å². The van der Waals surface area contributed by atoms with Crippen LogP contribution in [-0.2, 0) is 36.7 Å². The number of hydrogen-bond donors (Lipinski definition) is 3. The number of nitro groups is 1. The van der Waals surface area contributed by atoms with Crippen molar-refractivity contribution >= 4 is 35.7 Å². The van der Waals surface area contributed by atoms with Crippen LogP contribution in [0.2, 0.25) is 0 Å². The van der Waals surface area contributed by atoms with Gasteiger partial charge in [-0.1, -0.05) is 12.1 Å². The van der Waals surface area contributed by atoms with Gasteiger partial charge in [-0.2, -0.15) is 0 Å². The van der Waals surface area contributed by atoms with Gasteiger partial charge in [0.25, 0.3) is 5.69 Å². The van der Waals surface area contributed by atoms with Crippen molar-refractivity contribution in [1.29, 1.82) is 0 Å². The summed E-state index contributed by atoms with van der Waals surface area (Å²) in [5.41, 5.74) is 14.3. The van der Waals surface area contributed by atoms with Crippen LogP contribution in [0.3, 0.4) is 0 Å². The molecule has 0 bridgehead atoms. The summed E-state index contributed by atoms with van der Waals surface area (Å²) in [5.74, 6) is 5.58. The van der Waals surface area contributed by atoms with Gasteiger partial charge in [-0.3, -0.25) is 24.5 Å². The zero-order chi connectivity index (χ0) is 73.1. The van der Waals surface area contributed by atoms with Gasteiger partial charge in [-0.15, -0.1) is 0 Å². The third kappa shape index (κ3) is 21.8. The molecule has 101 heavy (non-hydrogen) atoms. The smallest absolute Gasteiger partial charge is 0.497 e. The summed E-state index contributed by atoms with van der Waals surface area (Å²) in [7, 11) is 19.1. The van der Waals surface area contributed by atoms with Crippen LogP contribution in [0, 0.1) is 10.1 Å². The Morgan fingerprint density at radius 2 is 0.911 bits per heavy atom. The van der Waals surface area contributed by atoms with Gasteiger partial charge in [0.05, 0.1) is 81.1 Å². The lowest BCUT2D eigenvalue weighted by molar-refractivity contribution is -0.384. The number of nitrogens with two attached hydrogens (primary N) is 1. The molecule has 0 spiro atoms. The summed E-state index contributed by atoms with van der Waals surface area (Å²) in [6, 6.07) is 20.4. The zero-order valence-electron chi connectivity index (χ0n) is 60.3. The van der Waals surface area contributed by atoms with Crippen molar-refractivity contribution in [1.82, 2.24) is 34.7 Å². The second kappa shape index (κ2) is 39.6. The number of aliphatic hydroxyl groups excluding tert-OH is 1. The van der Waals surface area contributed by atoms with Crippen LogP contribution >= 0.6 is 0 Å². The van der Waals surface area contributed by atoms with E-state index < -0.39 is 17.2 Å². The van der Waals surface area contributed by atoms with Gasteiger partial charge in [0, 0.05) is 134 Å². The molecule has 2 atom stereocenters. The highest BCUT2D eigenvalue weighted by Gasteiger charge is 2.32. The standard InChI is InChI=1S/C29H39N3O7.C19H23NO4.C16H21N3O6.C9H18N2O2/c1-31-12-14-32(15-13-31)25(33)7-6-16-39-29(34)30-23-11-8-19-17-24(36-3)27(37-4)28(38-5)26(19)21-10-9-20(35-2)18-22(21)23;1-21-12-6-7-13-14(10-12)15(20)8-5-11-9-16(22-2)18(23-3)19(24-4)17(11)13;1-17-8-10-18(11-9-17)15(20)3-2-12-24-16(21)25-14-6-4-13(5-7-14)19(22)23;1-10-4-6-11(7-5-10)9(13)3-2-8-12/h9-10,17-18,23H,6-8,11-16H2,1-5H3,(H,30,34);6-7,9-10,15H,5,8,20H2,1-4H3;4-7H,2-3,8-12H2,1H3;12H,2-8H2,1H3/t23-;15-;;/m00../s1. The molecule has 4 amide bonds. The van der Waals surface area contributed by atoms with E-state index in [0.717, 1.165) is 142 Å². The largest absolute Gasteiger partial charge is 0.513 e. The van der Waals surface area contributed by atoms with E-state index in [1.54, 1.807) is 56.9 Å². The van der Waals surface area contributed by atoms with Crippen molar-refractivity contribution in [2.24, 2.45) is 5.73 Å². The number of methoxy groups -OCH3 is 8. The first-order valence-corrected chi connectivity index (χ1v) is 34.0. The number of nitrogens with zero attached hydrogens (tertiary/aromatic N) is 7. The normalized spacial score (nSPS) is 16.4. The van der Waals surface area contributed by atoms with Crippen molar-refractivity contribution in [3.05, 3.63) is 105 Å². The van der Waals surface area contributed by atoms with Crippen LogP contribution in [0.15, 0.2) is 72.8 Å². The fraction of sp³-hybridized carbons (Fsp3) is 0.521. The summed E-state index contributed by atoms with van der Waals surface area (Å²) in [5, 5.41) is 22.1. The Labute approximate surface area is 591 Å². The van der Waals surface area contributed by atoms with Crippen LogP contribution in [0.5, 0.6) is 51.7 Å². The predicted octanol–water partition coefficient (Wildman–Crippen LogP) is 8.19. The third-order valence-corrected chi connectivity index (χ3v) is 18.3. The first-order chi connectivity index (χ1) is 48.7. The van der Waals surface area contributed by atoms with Crippen LogP contribution in [0.25, 0.3) is 22.3 Å². The molecule has 4 N–H and O–H groups in total. The summed E-state index contributed by atoms with van der Waals surface area (Å²) >= 11 is 0. The minimum Gasteiger partial charge on any atom is -0.497 e. The van der Waals surface area contributed by atoms with Gasteiger partial charge in [0.1, 0.15) is 17.2 Å². The predicted molar refractivity (Wildman–Crippen MR) is 379 cm³/mol. The highest BCUT2D eigenvalue weighted by atomic mass is 16.7. The highest BCUT2D eigenvalue weighted by molar-refractivity contribution is 5.85. The minimum absolute atomic E-state index is 0.0560. The number of amides is 4. The molecule has 0 unspecified atom stereocenters. The van der Waals surface area contributed by atoms with Crippen molar-refractivity contribution < 1.29 is 86.1 Å². The van der Waals surface area contributed by atoms with Gasteiger partial charge in [-0.05, 0) is 148 Å². The Kier molecular flexibility index (Phi) is 31.0. The molecule has 3 heterocycles. The maximum atomic E-state index is 12.8. The molecule has 552 valence electrons. The zero-order valence-corrected chi connectivity index (χ0v) is 60.3. The molecule has 5 aromatic carbocycles. The average Bonchev–Trinajstić information content (AvgIpc) is 1.74. The van der Waals surface area contributed by atoms with E-state index in [2.05, 4.69) is 34.1 Å². The number of nitrogens with one attached hydrogen (secondary N) is 1. The number of aliphatic hydroxyl groups is 1. The Morgan fingerprint density at radius 1 is 0.505 bits per heavy atom. The molecule has 5 aromatic rings. The quantitative estimate of drug-likeness (QED) is 0.0193. The summed E-state index contributed by atoms with van der Waals surface area (Å²) < 4.78 is 59.9. The summed E-state index contributed by atoms with van der Waals surface area (Å²) in [6.45, 7) is 10.4. The van der Waals surface area contributed by atoms with E-state index in [4.69, 9.17) is 62.9 Å². The number of nitro benzene ring substituents is 1. The van der Waals surface area contributed by atoms with Crippen LogP contribution in [-0.4, -0.2) is 246 Å². The number of carbonyl (C=O) groups is 5. The average molecular weight is 1410 g/mol. The molecule has 0 radical (unpaired) electrons. The van der Waals surface area contributed by atoms with Crippen LogP contribution < -0.4 is 53.7 Å². The first kappa shape index (κ1) is 79.0. The van der Waals surface area contributed by atoms with Gasteiger partial charge in [-0.25, -0.2) is 9.59 Å². The van der Waals surface area contributed by atoms with Gasteiger partial charge in [0.2, 0.25) is 29.2 Å². The lowest BCUT2D eigenvalue weighted by Crippen LogP contribution is -2.47.